The first-order chi connectivity index (χ1) is 9.10. The largest absolute Gasteiger partial charge is 0.471 e. The Hall–Kier alpha value is -1.61. The van der Waals surface area contributed by atoms with Gasteiger partial charge in [0.1, 0.15) is 0 Å². The number of primary sulfonamides is 1. The molecule has 0 aromatic heterocycles. The van der Waals surface area contributed by atoms with Gasteiger partial charge < -0.3 is 4.90 Å². The average Bonchev–Trinajstić information content (AvgIpc) is 2.34. The second-order valence-corrected chi connectivity index (χ2v) is 5.94. The van der Waals surface area contributed by atoms with Crippen LogP contribution in [0, 0.1) is 0 Å². The van der Waals surface area contributed by atoms with Crippen LogP contribution in [-0.2, 0) is 27.8 Å². The van der Waals surface area contributed by atoms with Crippen LogP contribution in [0.5, 0.6) is 0 Å². The lowest BCUT2D eigenvalue weighted by molar-refractivity contribution is -0.186. The summed E-state index contributed by atoms with van der Waals surface area (Å²) in [5, 5.41) is 5.06. The van der Waals surface area contributed by atoms with Gasteiger partial charge in [0.2, 0.25) is 10.0 Å². The molecule has 0 fully saturated rings. The van der Waals surface area contributed by atoms with Gasteiger partial charge in [0.25, 0.3) is 0 Å². The molecule has 9 heteroatoms. The third-order valence-corrected chi connectivity index (χ3v) is 4.05. The van der Waals surface area contributed by atoms with Crippen molar-refractivity contribution in [3.05, 3.63) is 29.3 Å². The minimum absolute atomic E-state index is 0.0176. The van der Waals surface area contributed by atoms with E-state index in [1.54, 1.807) is 0 Å². The number of fused-ring (bicyclic) bond motifs is 1. The molecule has 1 aliphatic rings. The Morgan fingerprint density at radius 3 is 2.50 bits per heavy atom. The zero-order chi connectivity index (χ0) is 15.1. The van der Waals surface area contributed by atoms with Gasteiger partial charge in [-0.1, -0.05) is 12.1 Å². The molecular formula is C11H11F3N2O3S. The molecule has 2 N–H and O–H groups in total. The molecule has 20 heavy (non-hydrogen) atoms. The second-order valence-electron chi connectivity index (χ2n) is 4.41. The van der Waals surface area contributed by atoms with Gasteiger partial charge >= 0.3 is 12.1 Å². The third kappa shape index (κ3) is 2.78. The molecule has 0 radical (unpaired) electrons. The number of carbonyl (C=O) groups is 1. The normalized spacial score (nSPS) is 15.9. The van der Waals surface area contributed by atoms with Gasteiger partial charge in [0, 0.05) is 13.1 Å². The van der Waals surface area contributed by atoms with Crippen LogP contribution in [0.25, 0.3) is 0 Å². The van der Waals surface area contributed by atoms with E-state index in [2.05, 4.69) is 0 Å². The fourth-order valence-electron chi connectivity index (χ4n) is 2.19. The number of halogens is 3. The zero-order valence-electron chi connectivity index (χ0n) is 10.1. The van der Waals surface area contributed by atoms with Gasteiger partial charge in [-0.25, -0.2) is 13.6 Å². The Bertz CT molecular complexity index is 655. The Morgan fingerprint density at radius 1 is 1.30 bits per heavy atom. The molecule has 0 bridgehead atoms. The van der Waals surface area contributed by atoms with E-state index in [0.717, 1.165) is 0 Å². The highest BCUT2D eigenvalue weighted by Gasteiger charge is 2.43. The summed E-state index contributed by atoms with van der Waals surface area (Å²) < 4.78 is 59.9. The third-order valence-electron chi connectivity index (χ3n) is 3.06. The van der Waals surface area contributed by atoms with Crippen LogP contribution >= 0.6 is 0 Å². The van der Waals surface area contributed by atoms with E-state index in [9.17, 15) is 26.4 Å². The lowest BCUT2D eigenvalue weighted by Crippen LogP contribution is -2.44. The molecule has 0 spiro atoms. The maximum absolute atomic E-state index is 12.4. The molecule has 0 unspecified atom stereocenters. The summed E-state index contributed by atoms with van der Waals surface area (Å²) in [6.07, 6.45) is -4.92. The number of nitrogens with zero attached hydrogens (tertiary/aromatic N) is 1. The minimum Gasteiger partial charge on any atom is -0.330 e. The maximum atomic E-state index is 12.4. The van der Waals surface area contributed by atoms with Crippen molar-refractivity contribution < 1.29 is 26.4 Å². The summed E-state index contributed by atoms with van der Waals surface area (Å²) in [5.74, 6) is -1.93. The van der Waals surface area contributed by atoms with E-state index in [4.69, 9.17) is 5.14 Å². The van der Waals surface area contributed by atoms with Crippen LogP contribution in [0.15, 0.2) is 23.1 Å². The van der Waals surface area contributed by atoms with Crippen molar-refractivity contribution in [2.75, 3.05) is 6.54 Å². The lowest BCUT2D eigenvalue weighted by Gasteiger charge is -2.30. The van der Waals surface area contributed by atoms with Crippen LogP contribution in [0.2, 0.25) is 0 Å². The summed E-state index contributed by atoms with van der Waals surface area (Å²) in [6.45, 7) is -0.477. The number of sulfonamides is 1. The molecule has 1 aromatic rings. The van der Waals surface area contributed by atoms with Crippen molar-refractivity contribution in [1.29, 1.82) is 0 Å². The van der Waals surface area contributed by atoms with E-state index < -0.39 is 22.1 Å². The molecule has 110 valence electrons. The number of nitrogens with two attached hydrogens (primary N) is 1. The van der Waals surface area contributed by atoms with Crippen molar-refractivity contribution in [1.82, 2.24) is 4.90 Å². The van der Waals surface area contributed by atoms with E-state index in [-0.39, 0.29) is 24.4 Å². The summed E-state index contributed by atoms with van der Waals surface area (Å²) in [5.41, 5.74) is 0.738. The zero-order valence-corrected chi connectivity index (χ0v) is 11.0. The molecule has 0 saturated carbocycles. The van der Waals surface area contributed by atoms with E-state index in [1.807, 2.05) is 0 Å². The van der Waals surface area contributed by atoms with Crippen molar-refractivity contribution in [2.45, 2.75) is 24.0 Å². The van der Waals surface area contributed by atoms with Crippen LogP contribution in [0.1, 0.15) is 11.1 Å². The first kappa shape index (κ1) is 14.8. The molecule has 2 rings (SSSR count). The van der Waals surface area contributed by atoms with Crippen molar-refractivity contribution in [3.63, 3.8) is 0 Å². The molecule has 1 heterocycles. The Kier molecular flexibility index (Phi) is 3.51. The van der Waals surface area contributed by atoms with Gasteiger partial charge in [-0.2, -0.15) is 13.2 Å². The lowest BCUT2D eigenvalue weighted by atomic mass is 9.99. The van der Waals surface area contributed by atoms with Crippen LogP contribution in [0.4, 0.5) is 13.2 Å². The van der Waals surface area contributed by atoms with Gasteiger partial charge in [-0.05, 0) is 23.6 Å². The van der Waals surface area contributed by atoms with E-state index in [1.165, 1.54) is 18.2 Å². The van der Waals surface area contributed by atoms with E-state index in [0.29, 0.717) is 16.0 Å². The number of hydrogen-bond acceptors (Lipinski definition) is 3. The average molecular weight is 308 g/mol. The SMILES string of the molecule is NS(=O)(=O)c1cccc2c1CCN(C(=O)C(F)(F)F)C2. The predicted molar refractivity (Wildman–Crippen MR) is 63.0 cm³/mol. The Labute approximate surface area is 113 Å². The van der Waals surface area contributed by atoms with Crippen LogP contribution in [0.3, 0.4) is 0 Å². The molecule has 1 aromatic carbocycles. The first-order valence-corrected chi connectivity index (χ1v) is 7.15. The highest BCUT2D eigenvalue weighted by molar-refractivity contribution is 7.89. The highest BCUT2D eigenvalue weighted by Crippen LogP contribution is 2.28. The number of alkyl halides is 3. The number of rotatable bonds is 1. The van der Waals surface area contributed by atoms with Crippen molar-refractivity contribution in [2.24, 2.45) is 5.14 Å². The van der Waals surface area contributed by atoms with E-state index >= 15 is 0 Å². The number of amides is 1. The number of benzene rings is 1. The molecule has 0 aliphatic carbocycles. The molecule has 0 saturated heterocycles. The standard InChI is InChI=1S/C11H11F3N2O3S/c12-11(13,14)10(17)16-5-4-8-7(6-16)2-1-3-9(8)20(15,18)19/h1-3H,4-6H2,(H2,15,18,19). The Balaban J connectivity index is 2.36. The number of carbonyl (C=O) groups excluding carboxylic acids is 1. The first-order valence-electron chi connectivity index (χ1n) is 5.60. The second kappa shape index (κ2) is 4.74. The van der Waals surface area contributed by atoms with Crippen LogP contribution < -0.4 is 5.14 Å². The van der Waals surface area contributed by atoms with Crippen molar-refractivity contribution >= 4 is 15.9 Å². The minimum atomic E-state index is -4.94. The summed E-state index contributed by atoms with van der Waals surface area (Å²) in [6, 6.07) is 4.18. The maximum Gasteiger partial charge on any atom is 0.471 e. The topological polar surface area (TPSA) is 80.5 Å². The van der Waals surface area contributed by atoms with Gasteiger partial charge in [-0.15, -0.1) is 0 Å². The highest BCUT2D eigenvalue weighted by atomic mass is 32.2. The molecular weight excluding hydrogens is 297 g/mol. The summed E-state index contributed by atoms with van der Waals surface area (Å²) in [4.78, 5) is 11.7. The molecule has 0 atom stereocenters. The monoisotopic (exact) mass is 308 g/mol. The van der Waals surface area contributed by atoms with Crippen LogP contribution in [-0.4, -0.2) is 31.9 Å². The van der Waals surface area contributed by atoms with Gasteiger partial charge in [-0.3, -0.25) is 4.79 Å². The van der Waals surface area contributed by atoms with Gasteiger partial charge in [0.15, 0.2) is 0 Å². The van der Waals surface area contributed by atoms with Gasteiger partial charge in [0.05, 0.1) is 4.90 Å². The fraction of sp³-hybridized carbons (Fsp3) is 0.364. The van der Waals surface area contributed by atoms with Crippen molar-refractivity contribution in [3.8, 4) is 0 Å². The molecule has 1 aliphatic heterocycles. The smallest absolute Gasteiger partial charge is 0.330 e. The quantitative estimate of drug-likeness (QED) is 0.832. The molecule has 1 amide bonds. The fourth-order valence-corrected chi connectivity index (χ4v) is 3.04. The summed E-state index contributed by atoms with van der Waals surface area (Å²) >= 11 is 0. The summed E-state index contributed by atoms with van der Waals surface area (Å²) in [7, 11) is -3.94. The Morgan fingerprint density at radius 2 is 1.95 bits per heavy atom. The molecule has 5 nitrogen and oxygen atoms in total. The predicted octanol–water partition coefficient (Wildman–Crippen LogP) is 0.781. The number of hydrogen-bond donors (Lipinski definition) is 1.